The van der Waals surface area contributed by atoms with Crippen LogP contribution in [0.4, 0.5) is 0 Å². The number of rotatable bonds is 1. The molecule has 0 spiro atoms. The predicted molar refractivity (Wildman–Crippen MR) is 49.6 cm³/mol. The van der Waals surface area contributed by atoms with Crippen molar-refractivity contribution in [2.75, 3.05) is 26.3 Å². The van der Waals surface area contributed by atoms with Crippen LogP contribution in [0.15, 0.2) is 0 Å². The van der Waals surface area contributed by atoms with Gasteiger partial charge in [0.25, 0.3) is 0 Å². The van der Waals surface area contributed by atoms with Crippen LogP contribution in [0.3, 0.4) is 0 Å². The zero-order chi connectivity index (χ0) is 9.26. The second-order valence-corrected chi connectivity index (χ2v) is 4.13. The summed E-state index contributed by atoms with van der Waals surface area (Å²) in [6.45, 7) is 5.67. The van der Waals surface area contributed by atoms with Crippen LogP contribution in [0.5, 0.6) is 0 Å². The number of nitrogens with zero attached hydrogens (tertiary/aromatic N) is 1. The number of ether oxygens (including phenoxy) is 1. The van der Waals surface area contributed by atoms with Gasteiger partial charge in [-0.05, 0) is 6.42 Å². The van der Waals surface area contributed by atoms with E-state index >= 15 is 0 Å². The predicted octanol–water partition coefficient (Wildman–Crippen LogP) is 0.686. The lowest BCUT2D eigenvalue weighted by atomic mass is 9.97. The molecule has 2 unspecified atom stereocenters. The summed E-state index contributed by atoms with van der Waals surface area (Å²) in [5.41, 5.74) is 0. The molecule has 0 amide bonds. The Kier molecular flexibility index (Phi) is 2.65. The van der Waals surface area contributed by atoms with Gasteiger partial charge in [-0.2, -0.15) is 0 Å². The maximum atomic E-state index is 11.3. The Bertz CT molecular complexity index is 199. The number of likely N-dealkylation sites (tertiary alicyclic amines) is 1. The van der Waals surface area contributed by atoms with Crippen LogP contribution in [-0.4, -0.2) is 43.0 Å². The highest BCUT2D eigenvalue weighted by atomic mass is 16.5. The second kappa shape index (κ2) is 3.76. The van der Waals surface area contributed by atoms with E-state index < -0.39 is 0 Å². The van der Waals surface area contributed by atoms with Crippen molar-refractivity contribution in [3.8, 4) is 0 Å². The van der Waals surface area contributed by atoms with E-state index in [2.05, 4.69) is 4.90 Å². The lowest BCUT2D eigenvalue weighted by molar-refractivity contribution is -0.126. The van der Waals surface area contributed by atoms with Crippen LogP contribution in [0, 0.1) is 5.92 Å². The molecular weight excluding hydrogens is 166 g/mol. The molecule has 2 saturated heterocycles. The molecule has 2 aliphatic heterocycles. The Hall–Kier alpha value is -0.410. The third-order valence-corrected chi connectivity index (χ3v) is 3.13. The monoisotopic (exact) mass is 183 g/mol. The average Bonchev–Trinajstić information content (AvgIpc) is 2.62. The molecule has 13 heavy (non-hydrogen) atoms. The third kappa shape index (κ3) is 1.92. The number of carbonyl (C=O) groups excluding carboxylic acids is 1. The summed E-state index contributed by atoms with van der Waals surface area (Å²) in [5.74, 6) is 0.657. The summed E-state index contributed by atoms with van der Waals surface area (Å²) in [4.78, 5) is 13.7. The van der Waals surface area contributed by atoms with Crippen LogP contribution >= 0.6 is 0 Å². The maximum Gasteiger partial charge on any atom is 0.138 e. The smallest absolute Gasteiger partial charge is 0.138 e. The zero-order valence-electron chi connectivity index (χ0n) is 8.16. The molecule has 2 rings (SSSR count). The van der Waals surface area contributed by atoms with Gasteiger partial charge in [-0.3, -0.25) is 9.69 Å². The fraction of sp³-hybridized carbons (Fsp3) is 0.900. The van der Waals surface area contributed by atoms with Crippen LogP contribution in [0.1, 0.15) is 19.8 Å². The Morgan fingerprint density at radius 2 is 2.38 bits per heavy atom. The molecule has 74 valence electrons. The fourth-order valence-corrected chi connectivity index (χ4v) is 2.19. The summed E-state index contributed by atoms with van der Waals surface area (Å²) in [7, 11) is 0. The molecule has 0 aromatic heterocycles. The largest absolute Gasteiger partial charge is 0.380 e. The Morgan fingerprint density at radius 3 is 3.00 bits per heavy atom. The molecule has 3 heteroatoms. The molecule has 2 atom stereocenters. The first kappa shape index (κ1) is 9.16. The average molecular weight is 183 g/mol. The highest BCUT2D eigenvalue weighted by molar-refractivity contribution is 5.81. The Balaban J connectivity index is 1.90. The van der Waals surface area contributed by atoms with Crippen molar-refractivity contribution in [1.29, 1.82) is 0 Å². The van der Waals surface area contributed by atoms with Crippen LogP contribution in [-0.2, 0) is 9.53 Å². The van der Waals surface area contributed by atoms with Crippen LogP contribution in [0.25, 0.3) is 0 Å². The molecule has 0 radical (unpaired) electrons. The molecule has 0 aliphatic carbocycles. The SMILES string of the molecule is CC1CN(C2CCOC2)CCC1=O. The molecule has 2 aliphatic rings. The van der Waals surface area contributed by atoms with Gasteiger partial charge in [-0.15, -0.1) is 0 Å². The molecule has 2 fully saturated rings. The quantitative estimate of drug-likeness (QED) is 0.599. The van der Waals surface area contributed by atoms with Gasteiger partial charge in [0.1, 0.15) is 5.78 Å². The van der Waals surface area contributed by atoms with Crippen molar-refractivity contribution in [3.63, 3.8) is 0 Å². The number of hydrogen-bond acceptors (Lipinski definition) is 3. The van der Waals surface area contributed by atoms with E-state index in [1.54, 1.807) is 0 Å². The van der Waals surface area contributed by atoms with Crippen molar-refractivity contribution in [3.05, 3.63) is 0 Å². The molecule has 0 N–H and O–H groups in total. The second-order valence-electron chi connectivity index (χ2n) is 4.13. The summed E-state index contributed by atoms with van der Waals surface area (Å²) < 4.78 is 5.35. The molecule has 0 bridgehead atoms. The lowest BCUT2D eigenvalue weighted by Crippen LogP contribution is -2.45. The first-order chi connectivity index (χ1) is 6.27. The van der Waals surface area contributed by atoms with E-state index in [0.717, 1.165) is 39.1 Å². The molecule has 0 aromatic rings. The Morgan fingerprint density at radius 1 is 1.54 bits per heavy atom. The number of hydrogen-bond donors (Lipinski definition) is 0. The minimum atomic E-state index is 0.231. The van der Waals surface area contributed by atoms with E-state index in [-0.39, 0.29) is 5.92 Å². The van der Waals surface area contributed by atoms with E-state index in [1.807, 2.05) is 6.92 Å². The topological polar surface area (TPSA) is 29.5 Å². The normalized spacial score (nSPS) is 36.8. The van der Waals surface area contributed by atoms with Crippen molar-refractivity contribution in [1.82, 2.24) is 4.90 Å². The lowest BCUT2D eigenvalue weighted by Gasteiger charge is -2.33. The van der Waals surface area contributed by atoms with Crippen LogP contribution in [0.2, 0.25) is 0 Å². The van der Waals surface area contributed by atoms with Crippen LogP contribution < -0.4 is 0 Å². The van der Waals surface area contributed by atoms with E-state index in [9.17, 15) is 4.79 Å². The highest BCUT2D eigenvalue weighted by Crippen LogP contribution is 2.19. The molecule has 0 aromatic carbocycles. The molecule has 0 saturated carbocycles. The number of carbonyl (C=O) groups is 1. The first-order valence-electron chi connectivity index (χ1n) is 5.12. The minimum absolute atomic E-state index is 0.231. The van der Waals surface area contributed by atoms with Gasteiger partial charge >= 0.3 is 0 Å². The van der Waals surface area contributed by atoms with Crippen molar-refractivity contribution >= 4 is 5.78 Å². The maximum absolute atomic E-state index is 11.3. The number of Topliss-reactive ketones (excluding diaryl/α,β-unsaturated/α-hetero) is 1. The van der Waals surface area contributed by atoms with Gasteiger partial charge < -0.3 is 4.74 Å². The highest BCUT2D eigenvalue weighted by Gasteiger charge is 2.30. The van der Waals surface area contributed by atoms with E-state index in [1.165, 1.54) is 0 Å². The van der Waals surface area contributed by atoms with Crippen molar-refractivity contribution < 1.29 is 9.53 Å². The van der Waals surface area contributed by atoms with E-state index in [4.69, 9.17) is 4.74 Å². The molecule has 2 heterocycles. The minimum Gasteiger partial charge on any atom is -0.380 e. The fourth-order valence-electron chi connectivity index (χ4n) is 2.19. The van der Waals surface area contributed by atoms with Gasteiger partial charge in [0, 0.05) is 38.1 Å². The van der Waals surface area contributed by atoms with Crippen molar-refractivity contribution in [2.24, 2.45) is 5.92 Å². The van der Waals surface area contributed by atoms with Crippen molar-refractivity contribution in [2.45, 2.75) is 25.8 Å². The van der Waals surface area contributed by atoms with Gasteiger partial charge in [0.2, 0.25) is 0 Å². The number of piperidine rings is 1. The van der Waals surface area contributed by atoms with Gasteiger partial charge in [-0.1, -0.05) is 6.92 Å². The summed E-state index contributed by atoms with van der Waals surface area (Å²) >= 11 is 0. The van der Waals surface area contributed by atoms with Gasteiger partial charge in [0.15, 0.2) is 0 Å². The van der Waals surface area contributed by atoms with Gasteiger partial charge in [-0.25, -0.2) is 0 Å². The molecular formula is C10H17NO2. The third-order valence-electron chi connectivity index (χ3n) is 3.13. The zero-order valence-corrected chi connectivity index (χ0v) is 8.16. The first-order valence-corrected chi connectivity index (χ1v) is 5.12. The summed E-state index contributed by atoms with van der Waals surface area (Å²) in [5, 5.41) is 0. The van der Waals surface area contributed by atoms with Gasteiger partial charge in [0.05, 0.1) is 6.61 Å². The molecule has 3 nitrogen and oxygen atoms in total. The van der Waals surface area contributed by atoms with E-state index in [0.29, 0.717) is 11.8 Å². The summed E-state index contributed by atoms with van der Waals surface area (Å²) in [6, 6.07) is 0.579. The standard InChI is InChI=1S/C10H17NO2/c1-8-6-11(4-2-10(8)12)9-3-5-13-7-9/h8-9H,2-7H2,1H3. The summed E-state index contributed by atoms with van der Waals surface area (Å²) in [6.07, 6.45) is 1.87. The Labute approximate surface area is 79.0 Å². The number of ketones is 1.